The lowest BCUT2D eigenvalue weighted by Gasteiger charge is -2.08. The summed E-state index contributed by atoms with van der Waals surface area (Å²) in [5, 5.41) is 11.1. The first-order valence-corrected chi connectivity index (χ1v) is 5.28. The lowest BCUT2D eigenvalue weighted by molar-refractivity contribution is 0.585. The van der Waals surface area contributed by atoms with Gasteiger partial charge in [0.2, 0.25) is 0 Å². The summed E-state index contributed by atoms with van der Waals surface area (Å²) < 4.78 is 26.0. The van der Waals surface area contributed by atoms with Crippen LogP contribution in [0.5, 0.6) is 0 Å². The Bertz CT molecular complexity index is 378. The maximum atomic E-state index is 13.2. The Kier molecular flexibility index (Phi) is 5.00. The highest BCUT2D eigenvalue weighted by Crippen LogP contribution is 2.26. The van der Waals surface area contributed by atoms with Gasteiger partial charge in [-0.15, -0.1) is 0 Å². The number of rotatable bonds is 5. The normalized spacial score (nSPS) is 9.88. The zero-order valence-corrected chi connectivity index (χ0v) is 9.32. The van der Waals surface area contributed by atoms with E-state index >= 15 is 0 Å². The molecule has 2 nitrogen and oxygen atoms in total. The molecule has 86 valence electrons. The van der Waals surface area contributed by atoms with Crippen molar-refractivity contribution in [3.8, 4) is 6.07 Å². The van der Waals surface area contributed by atoms with Gasteiger partial charge in [0.05, 0.1) is 16.8 Å². The largest absolute Gasteiger partial charge is 0.381 e. The number of nitriles is 1. The van der Waals surface area contributed by atoms with E-state index in [0.717, 1.165) is 25.0 Å². The molecular formula is C11H11ClF2N2. The van der Waals surface area contributed by atoms with Crippen LogP contribution in [0.1, 0.15) is 19.3 Å². The Morgan fingerprint density at radius 3 is 2.69 bits per heavy atom. The van der Waals surface area contributed by atoms with Crippen LogP contribution in [0.2, 0.25) is 5.02 Å². The predicted molar refractivity (Wildman–Crippen MR) is 59.3 cm³/mol. The van der Waals surface area contributed by atoms with Crippen molar-refractivity contribution in [2.24, 2.45) is 0 Å². The number of nitrogens with one attached hydrogen (secondary N) is 1. The smallest absolute Gasteiger partial charge is 0.150 e. The van der Waals surface area contributed by atoms with Crippen LogP contribution in [-0.4, -0.2) is 6.54 Å². The minimum absolute atomic E-state index is 0.0257. The van der Waals surface area contributed by atoms with Crippen LogP contribution in [0, 0.1) is 23.0 Å². The van der Waals surface area contributed by atoms with Crippen LogP contribution in [0.3, 0.4) is 0 Å². The standard InChI is InChI=1S/C11H11ClF2N2/c12-9-6-8(13)7-10(14)11(9)16-5-3-1-2-4-15/h6-7,16H,1-3,5H2. The number of nitrogens with zero attached hydrogens (tertiary/aromatic N) is 1. The minimum atomic E-state index is -0.703. The second-order valence-corrected chi connectivity index (χ2v) is 3.69. The summed E-state index contributed by atoms with van der Waals surface area (Å²) in [6, 6.07) is 3.86. The van der Waals surface area contributed by atoms with Crippen LogP contribution in [0.25, 0.3) is 0 Å². The highest BCUT2D eigenvalue weighted by atomic mass is 35.5. The van der Waals surface area contributed by atoms with Crippen molar-refractivity contribution in [2.75, 3.05) is 11.9 Å². The first kappa shape index (κ1) is 12.7. The Labute approximate surface area is 97.8 Å². The molecule has 0 amide bonds. The summed E-state index contributed by atoms with van der Waals surface area (Å²) in [7, 11) is 0. The molecule has 0 bridgehead atoms. The number of unbranched alkanes of at least 4 members (excludes halogenated alkanes) is 2. The van der Waals surface area contributed by atoms with Gasteiger partial charge in [0.15, 0.2) is 5.82 Å². The summed E-state index contributed by atoms with van der Waals surface area (Å²) in [4.78, 5) is 0. The Balaban J connectivity index is 2.51. The number of hydrogen-bond donors (Lipinski definition) is 1. The fraction of sp³-hybridized carbons (Fsp3) is 0.364. The fourth-order valence-corrected chi connectivity index (χ4v) is 1.51. The fourth-order valence-electron chi connectivity index (χ4n) is 1.25. The minimum Gasteiger partial charge on any atom is -0.381 e. The highest BCUT2D eigenvalue weighted by Gasteiger charge is 2.08. The third kappa shape index (κ3) is 3.67. The molecule has 0 fully saturated rings. The van der Waals surface area contributed by atoms with Crippen molar-refractivity contribution in [1.29, 1.82) is 5.26 Å². The molecule has 1 aromatic rings. The van der Waals surface area contributed by atoms with Gasteiger partial charge in [-0.2, -0.15) is 5.26 Å². The molecule has 0 saturated heterocycles. The molecule has 5 heteroatoms. The average Bonchev–Trinajstić information content (AvgIpc) is 2.20. The topological polar surface area (TPSA) is 35.8 Å². The molecular weight excluding hydrogens is 234 g/mol. The van der Waals surface area contributed by atoms with Gasteiger partial charge in [0.1, 0.15) is 5.82 Å². The second-order valence-electron chi connectivity index (χ2n) is 3.29. The molecule has 0 unspecified atom stereocenters. The zero-order valence-electron chi connectivity index (χ0n) is 8.56. The number of benzene rings is 1. The van der Waals surface area contributed by atoms with E-state index in [4.69, 9.17) is 16.9 Å². The molecule has 0 spiro atoms. The summed E-state index contributed by atoms with van der Waals surface area (Å²) in [5.74, 6) is -1.40. The third-order valence-electron chi connectivity index (χ3n) is 2.02. The molecule has 0 aromatic heterocycles. The Hall–Kier alpha value is -1.34. The van der Waals surface area contributed by atoms with Gasteiger partial charge >= 0.3 is 0 Å². The first-order chi connectivity index (χ1) is 7.65. The van der Waals surface area contributed by atoms with Gasteiger partial charge in [0.25, 0.3) is 0 Å². The molecule has 0 saturated carbocycles. The van der Waals surface area contributed by atoms with Gasteiger partial charge in [-0.05, 0) is 18.9 Å². The van der Waals surface area contributed by atoms with Crippen molar-refractivity contribution in [3.05, 3.63) is 28.8 Å². The SMILES string of the molecule is N#CCCCCNc1c(F)cc(F)cc1Cl. The van der Waals surface area contributed by atoms with Gasteiger partial charge in [-0.1, -0.05) is 11.6 Å². The van der Waals surface area contributed by atoms with Crippen molar-refractivity contribution >= 4 is 17.3 Å². The van der Waals surface area contributed by atoms with Crippen LogP contribution < -0.4 is 5.32 Å². The molecule has 0 heterocycles. The van der Waals surface area contributed by atoms with E-state index in [-0.39, 0.29) is 10.7 Å². The monoisotopic (exact) mass is 244 g/mol. The van der Waals surface area contributed by atoms with Crippen LogP contribution >= 0.6 is 11.6 Å². The van der Waals surface area contributed by atoms with E-state index < -0.39 is 11.6 Å². The van der Waals surface area contributed by atoms with Gasteiger partial charge < -0.3 is 5.32 Å². The van der Waals surface area contributed by atoms with Crippen molar-refractivity contribution in [3.63, 3.8) is 0 Å². The van der Waals surface area contributed by atoms with Crippen molar-refractivity contribution < 1.29 is 8.78 Å². The second kappa shape index (κ2) is 6.29. The summed E-state index contributed by atoms with van der Waals surface area (Å²) in [6.07, 6.45) is 1.95. The van der Waals surface area contributed by atoms with E-state index in [1.165, 1.54) is 0 Å². The maximum Gasteiger partial charge on any atom is 0.150 e. The highest BCUT2D eigenvalue weighted by molar-refractivity contribution is 6.33. The molecule has 0 atom stereocenters. The van der Waals surface area contributed by atoms with E-state index in [2.05, 4.69) is 5.32 Å². The van der Waals surface area contributed by atoms with Crippen LogP contribution in [0.15, 0.2) is 12.1 Å². The third-order valence-corrected chi connectivity index (χ3v) is 2.32. The van der Waals surface area contributed by atoms with E-state index in [1.54, 1.807) is 0 Å². The molecule has 0 aliphatic carbocycles. The maximum absolute atomic E-state index is 13.2. The van der Waals surface area contributed by atoms with E-state index in [1.807, 2.05) is 6.07 Å². The molecule has 16 heavy (non-hydrogen) atoms. The lowest BCUT2D eigenvalue weighted by Crippen LogP contribution is -2.04. The Morgan fingerprint density at radius 1 is 1.31 bits per heavy atom. The van der Waals surface area contributed by atoms with Crippen LogP contribution in [0.4, 0.5) is 14.5 Å². The summed E-state index contributed by atoms with van der Waals surface area (Å²) in [6.45, 7) is 0.504. The quantitative estimate of drug-likeness (QED) is 0.802. The van der Waals surface area contributed by atoms with E-state index in [9.17, 15) is 8.78 Å². The number of anilines is 1. The average molecular weight is 245 g/mol. The van der Waals surface area contributed by atoms with Gasteiger partial charge in [-0.3, -0.25) is 0 Å². The van der Waals surface area contributed by atoms with Gasteiger partial charge in [0, 0.05) is 19.0 Å². The Morgan fingerprint density at radius 2 is 2.06 bits per heavy atom. The lowest BCUT2D eigenvalue weighted by atomic mass is 10.2. The molecule has 0 aliphatic rings. The number of halogens is 3. The molecule has 0 aliphatic heterocycles. The zero-order chi connectivity index (χ0) is 12.0. The molecule has 1 aromatic carbocycles. The van der Waals surface area contributed by atoms with Gasteiger partial charge in [-0.25, -0.2) is 8.78 Å². The summed E-state index contributed by atoms with van der Waals surface area (Å²) in [5.41, 5.74) is 0.111. The van der Waals surface area contributed by atoms with Crippen molar-refractivity contribution in [2.45, 2.75) is 19.3 Å². The van der Waals surface area contributed by atoms with Crippen molar-refractivity contribution in [1.82, 2.24) is 0 Å². The summed E-state index contributed by atoms with van der Waals surface area (Å²) >= 11 is 5.68. The predicted octanol–water partition coefficient (Wildman–Crippen LogP) is 3.72. The van der Waals surface area contributed by atoms with Crippen LogP contribution in [-0.2, 0) is 0 Å². The van der Waals surface area contributed by atoms with E-state index in [0.29, 0.717) is 13.0 Å². The molecule has 1 rings (SSSR count). The number of hydrogen-bond acceptors (Lipinski definition) is 2. The first-order valence-electron chi connectivity index (χ1n) is 4.90. The molecule has 1 N–H and O–H groups in total. The molecule has 0 radical (unpaired) electrons.